The van der Waals surface area contributed by atoms with Crippen molar-refractivity contribution < 1.29 is 13.2 Å². The summed E-state index contributed by atoms with van der Waals surface area (Å²) in [4.78, 5) is 15.8. The fraction of sp³-hybridized carbons (Fsp3) is 0.562. The molecule has 2 aliphatic heterocycles. The smallest absolute Gasteiger partial charge is 0.240 e. The number of carbonyl (C=O) groups excluding carboxylic acids is 1. The molecule has 0 radical (unpaired) electrons. The number of rotatable bonds is 5. The van der Waals surface area contributed by atoms with Gasteiger partial charge in [-0.2, -0.15) is 0 Å². The Morgan fingerprint density at radius 1 is 1.25 bits per heavy atom. The Bertz CT molecular complexity index is 714. The predicted octanol–water partition coefficient (Wildman–Crippen LogP) is -0.221. The molecule has 0 aromatic heterocycles. The standard InChI is InChI=1S/C16H24N4O3S/c1-13(21)20-8-4-14-12-15(2-3-16(14)20)24(22,23)18-7-11-19-9-5-17-6-10-19/h2-3,12,17-18H,4-11H2,1H3. The highest BCUT2D eigenvalue weighted by Gasteiger charge is 2.24. The largest absolute Gasteiger partial charge is 0.314 e. The molecular formula is C16H24N4O3S. The number of nitrogens with one attached hydrogen (secondary N) is 2. The Kier molecular flexibility index (Phi) is 5.19. The number of amides is 1. The van der Waals surface area contributed by atoms with E-state index < -0.39 is 10.0 Å². The number of anilines is 1. The third-order valence-corrected chi connectivity index (χ3v) is 6.03. The van der Waals surface area contributed by atoms with E-state index in [0.717, 1.165) is 37.4 Å². The molecule has 0 unspecified atom stereocenters. The molecule has 1 amide bonds. The number of hydrogen-bond acceptors (Lipinski definition) is 5. The van der Waals surface area contributed by atoms with E-state index >= 15 is 0 Å². The third-order valence-electron chi connectivity index (χ3n) is 4.57. The first-order valence-electron chi connectivity index (χ1n) is 8.31. The first-order valence-corrected chi connectivity index (χ1v) is 9.79. The van der Waals surface area contributed by atoms with Gasteiger partial charge < -0.3 is 10.2 Å². The summed E-state index contributed by atoms with van der Waals surface area (Å²) in [5, 5.41) is 3.27. The lowest BCUT2D eigenvalue weighted by Gasteiger charge is -2.27. The van der Waals surface area contributed by atoms with Crippen molar-refractivity contribution in [3.8, 4) is 0 Å². The molecule has 24 heavy (non-hydrogen) atoms. The van der Waals surface area contributed by atoms with Gasteiger partial charge in [-0.05, 0) is 30.2 Å². The summed E-state index contributed by atoms with van der Waals surface area (Å²) in [6, 6.07) is 4.99. The molecule has 1 aromatic rings. The van der Waals surface area contributed by atoms with Crippen LogP contribution >= 0.6 is 0 Å². The Balaban J connectivity index is 1.63. The quantitative estimate of drug-likeness (QED) is 0.766. The van der Waals surface area contributed by atoms with Crippen molar-refractivity contribution >= 4 is 21.6 Å². The summed E-state index contributed by atoms with van der Waals surface area (Å²) < 4.78 is 27.6. The molecule has 8 heteroatoms. The van der Waals surface area contributed by atoms with Crippen LogP contribution in [0.15, 0.2) is 23.1 Å². The van der Waals surface area contributed by atoms with Crippen molar-refractivity contribution in [3.63, 3.8) is 0 Å². The highest BCUT2D eigenvalue weighted by Crippen LogP contribution is 2.30. The second-order valence-electron chi connectivity index (χ2n) is 6.20. The first-order chi connectivity index (χ1) is 11.5. The number of carbonyl (C=O) groups is 1. The summed E-state index contributed by atoms with van der Waals surface area (Å²) >= 11 is 0. The molecule has 7 nitrogen and oxygen atoms in total. The summed E-state index contributed by atoms with van der Waals surface area (Å²) in [6.07, 6.45) is 0.694. The van der Waals surface area contributed by atoms with Crippen LogP contribution in [0.3, 0.4) is 0 Å². The lowest BCUT2D eigenvalue weighted by molar-refractivity contribution is -0.116. The normalized spacial score (nSPS) is 18.6. The van der Waals surface area contributed by atoms with Crippen LogP contribution in [-0.4, -0.2) is 65.0 Å². The molecule has 0 aliphatic carbocycles. The predicted molar refractivity (Wildman–Crippen MR) is 92.7 cm³/mol. The summed E-state index contributed by atoms with van der Waals surface area (Å²) in [7, 11) is -3.52. The van der Waals surface area contributed by atoms with Gasteiger partial charge in [0.2, 0.25) is 15.9 Å². The van der Waals surface area contributed by atoms with Crippen molar-refractivity contribution in [2.45, 2.75) is 18.2 Å². The SMILES string of the molecule is CC(=O)N1CCc2cc(S(=O)(=O)NCCN3CCNCC3)ccc21. The second kappa shape index (κ2) is 7.18. The van der Waals surface area contributed by atoms with E-state index in [2.05, 4.69) is 14.9 Å². The average molecular weight is 352 g/mol. The Morgan fingerprint density at radius 2 is 2.00 bits per heavy atom. The summed E-state index contributed by atoms with van der Waals surface area (Å²) in [6.45, 7) is 7.04. The molecule has 2 heterocycles. The number of hydrogen-bond donors (Lipinski definition) is 2. The number of benzene rings is 1. The molecule has 1 aromatic carbocycles. The topological polar surface area (TPSA) is 81.8 Å². The van der Waals surface area contributed by atoms with Crippen molar-refractivity contribution in [1.82, 2.24) is 14.9 Å². The number of nitrogens with zero attached hydrogens (tertiary/aromatic N) is 2. The van der Waals surface area contributed by atoms with Gasteiger partial charge in [0.1, 0.15) is 0 Å². The molecule has 0 bridgehead atoms. The van der Waals surface area contributed by atoms with Crippen molar-refractivity contribution in [1.29, 1.82) is 0 Å². The van der Waals surface area contributed by atoms with Gasteiger partial charge in [0.25, 0.3) is 0 Å². The van der Waals surface area contributed by atoms with E-state index in [1.165, 1.54) is 6.92 Å². The van der Waals surface area contributed by atoms with Crippen LogP contribution in [0.25, 0.3) is 0 Å². The zero-order valence-electron chi connectivity index (χ0n) is 13.9. The van der Waals surface area contributed by atoms with E-state index in [-0.39, 0.29) is 10.8 Å². The third kappa shape index (κ3) is 3.77. The number of fused-ring (bicyclic) bond motifs is 1. The van der Waals surface area contributed by atoms with E-state index in [9.17, 15) is 13.2 Å². The van der Waals surface area contributed by atoms with Gasteiger partial charge in [0.05, 0.1) is 4.90 Å². The van der Waals surface area contributed by atoms with Crippen LogP contribution in [-0.2, 0) is 21.2 Å². The molecule has 1 fully saturated rings. The zero-order valence-corrected chi connectivity index (χ0v) is 14.7. The van der Waals surface area contributed by atoms with Gasteiger partial charge in [0.15, 0.2) is 0 Å². The van der Waals surface area contributed by atoms with Gasteiger partial charge >= 0.3 is 0 Å². The maximum atomic E-state index is 12.5. The van der Waals surface area contributed by atoms with Crippen LogP contribution in [0, 0.1) is 0 Å². The first kappa shape index (κ1) is 17.3. The molecule has 3 rings (SSSR count). The molecule has 0 atom stereocenters. The lowest BCUT2D eigenvalue weighted by Crippen LogP contribution is -2.46. The fourth-order valence-electron chi connectivity index (χ4n) is 3.23. The molecule has 1 saturated heterocycles. The van der Waals surface area contributed by atoms with Gasteiger partial charge in [-0.3, -0.25) is 9.69 Å². The molecule has 2 N–H and O–H groups in total. The molecule has 2 aliphatic rings. The van der Waals surface area contributed by atoms with Crippen LogP contribution in [0.5, 0.6) is 0 Å². The zero-order chi connectivity index (χ0) is 17.2. The summed E-state index contributed by atoms with van der Waals surface area (Å²) in [5.41, 5.74) is 1.73. The van der Waals surface area contributed by atoms with Crippen LogP contribution in [0.2, 0.25) is 0 Å². The van der Waals surface area contributed by atoms with Crippen molar-refractivity contribution in [3.05, 3.63) is 23.8 Å². The maximum absolute atomic E-state index is 12.5. The second-order valence-corrected chi connectivity index (χ2v) is 7.97. The van der Waals surface area contributed by atoms with Gasteiger partial charge in [-0.1, -0.05) is 0 Å². The molecule has 0 spiro atoms. The lowest BCUT2D eigenvalue weighted by atomic mass is 10.2. The molecule has 132 valence electrons. The van der Waals surface area contributed by atoms with Crippen LogP contribution < -0.4 is 14.9 Å². The minimum Gasteiger partial charge on any atom is -0.314 e. The monoisotopic (exact) mass is 352 g/mol. The van der Waals surface area contributed by atoms with E-state index in [1.54, 1.807) is 23.1 Å². The van der Waals surface area contributed by atoms with Crippen LogP contribution in [0.1, 0.15) is 12.5 Å². The Morgan fingerprint density at radius 3 is 2.71 bits per heavy atom. The fourth-order valence-corrected chi connectivity index (χ4v) is 4.30. The van der Waals surface area contributed by atoms with E-state index in [1.807, 2.05) is 0 Å². The maximum Gasteiger partial charge on any atom is 0.240 e. The van der Waals surface area contributed by atoms with Crippen molar-refractivity contribution in [2.75, 3.05) is 50.7 Å². The molecule has 0 saturated carbocycles. The highest BCUT2D eigenvalue weighted by atomic mass is 32.2. The average Bonchev–Trinajstić information content (AvgIpc) is 2.99. The number of sulfonamides is 1. The Hall–Kier alpha value is -1.48. The molecular weight excluding hydrogens is 328 g/mol. The highest BCUT2D eigenvalue weighted by molar-refractivity contribution is 7.89. The van der Waals surface area contributed by atoms with Gasteiger partial charge in [-0.15, -0.1) is 0 Å². The van der Waals surface area contributed by atoms with Gasteiger partial charge in [-0.25, -0.2) is 13.1 Å². The van der Waals surface area contributed by atoms with E-state index in [0.29, 0.717) is 26.1 Å². The Labute approximate surface area is 143 Å². The van der Waals surface area contributed by atoms with Crippen LogP contribution in [0.4, 0.5) is 5.69 Å². The van der Waals surface area contributed by atoms with Gasteiger partial charge in [0, 0.05) is 58.4 Å². The van der Waals surface area contributed by atoms with E-state index in [4.69, 9.17) is 0 Å². The van der Waals surface area contributed by atoms with Crippen molar-refractivity contribution in [2.24, 2.45) is 0 Å². The summed E-state index contributed by atoms with van der Waals surface area (Å²) in [5.74, 6) is -0.0153. The number of piperazine rings is 1. The minimum absolute atomic E-state index is 0.0153. The minimum atomic E-state index is -3.52.